The van der Waals surface area contributed by atoms with E-state index in [4.69, 9.17) is 5.26 Å². The van der Waals surface area contributed by atoms with E-state index in [0.29, 0.717) is 5.56 Å². The number of anilines is 1. The molecule has 1 aliphatic heterocycles. The summed E-state index contributed by atoms with van der Waals surface area (Å²) in [5, 5.41) is 11.2. The first-order valence-electron chi connectivity index (χ1n) is 9.71. The molecule has 7 nitrogen and oxygen atoms in total. The van der Waals surface area contributed by atoms with Crippen LogP contribution in [0.15, 0.2) is 24.5 Å². The first-order valence-corrected chi connectivity index (χ1v) is 9.71. The van der Waals surface area contributed by atoms with E-state index in [1.54, 1.807) is 12.1 Å². The first-order chi connectivity index (χ1) is 14.4. The highest BCUT2D eigenvalue weighted by Gasteiger charge is 2.62. The Morgan fingerprint density at radius 1 is 1.33 bits per heavy atom. The second kappa shape index (κ2) is 6.55. The highest BCUT2D eigenvalue weighted by molar-refractivity contribution is 6.01. The molecule has 2 heterocycles. The Morgan fingerprint density at radius 2 is 2.03 bits per heavy atom. The average molecular weight is 409 g/mol. The number of rotatable bonds is 4. The van der Waals surface area contributed by atoms with E-state index in [2.05, 4.69) is 15.3 Å². The predicted octanol–water partition coefficient (Wildman–Crippen LogP) is 2.44. The summed E-state index contributed by atoms with van der Waals surface area (Å²) in [6.07, 6.45) is 3.21. The standard InChI is InChI=1S/C21H17F2N5O2/c22-15-5-21(15)10-28(9-16(29)27-20-25-7-11(6-24)8-26-20)19(30)14-4-3-13(12-1-2-12)18(23)17(14)21/h3-4,7-8,12,15H,1-2,5,9-10H2,(H,25,26,27,29). The van der Waals surface area contributed by atoms with Crippen LogP contribution in [-0.4, -0.2) is 45.9 Å². The van der Waals surface area contributed by atoms with Gasteiger partial charge in [0.1, 0.15) is 24.6 Å². The molecule has 2 fully saturated rings. The van der Waals surface area contributed by atoms with Crippen molar-refractivity contribution in [3.8, 4) is 6.07 Å². The number of nitriles is 1. The van der Waals surface area contributed by atoms with Crippen LogP contribution in [0.3, 0.4) is 0 Å². The Bertz CT molecular complexity index is 1110. The number of hydrogen-bond donors (Lipinski definition) is 1. The molecule has 3 aliphatic rings. The third-order valence-electron chi connectivity index (χ3n) is 6.03. The van der Waals surface area contributed by atoms with Crippen molar-refractivity contribution < 1.29 is 18.4 Å². The molecule has 2 amide bonds. The van der Waals surface area contributed by atoms with Crippen LogP contribution in [-0.2, 0) is 10.2 Å². The van der Waals surface area contributed by atoms with Gasteiger partial charge in [-0.3, -0.25) is 14.9 Å². The predicted molar refractivity (Wildman–Crippen MR) is 101 cm³/mol. The maximum absolute atomic E-state index is 15.2. The Balaban J connectivity index is 1.39. The number of halogens is 2. The fourth-order valence-corrected chi connectivity index (χ4v) is 4.23. The summed E-state index contributed by atoms with van der Waals surface area (Å²) >= 11 is 0. The zero-order valence-electron chi connectivity index (χ0n) is 15.9. The zero-order chi connectivity index (χ0) is 21.0. The van der Waals surface area contributed by atoms with Gasteiger partial charge in [0.25, 0.3) is 5.91 Å². The van der Waals surface area contributed by atoms with Gasteiger partial charge in [0.2, 0.25) is 11.9 Å². The van der Waals surface area contributed by atoms with Gasteiger partial charge in [0.05, 0.1) is 23.4 Å². The van der Waals surface area contributed by atoms with Gasteiger partial charge in [-0.1, -0.05) is 6.07 Å². The number of alkyl halides is 1. The van der Waals surface area contributed by atoms with Crippen molar-refractivity contribution in [2.75, 3.05) is 18.4 Å². The van der Waals surface area contributed by atoms with E-state index in [-0.39, 0.29) is 48.1 Å². The molecule has 152 valence electrons. The lowest BCUT2D eigenvalue weighted by Crippen LogP contribution is -2.48. The molecule has 9 heteroatoms. The second-order valence-electron chi connectivity index (χ2n) is 8.11. The fraction of sp³-hybridized carbons (Fsp3) is 0.381. The van der Waals surface area contributed by atoms with Gasteiger partial charge in [-0.15, -0.1) is 0 Å². The van der Waals surface area contributed by atoms with E-state index >= 15 is 4.39 Å². The number of benzene rings is 1. The van der Waals surface area contributed by atoms with E-state index in [0.717, 1.165) is 12.8 Å². The minimum absolute atomic E-state index is 0.00604. The van der Waals surface area contributed by atoms with Crippen molar-refractivity contribution >= 4 is 17.8 Å². The molecule has 1 N–H and O–H groups in total. The number of amides is 2. The van der Waals surface area contributed by atoms with Crippen LogP contribution >= 0.6 is 0 Å². The molecule has 30 heavy (non-hydrogen) atoms. The summed E-state index contributed by atoms with van der Waals surface area (Å²) in [5.74, 6) is -1.37. The SMILES string of the molecule is N#Cc1cnc(NC(=O)CN2CC3(CC3F)c3c(ccc(C4CC4)c3F)C2=O)nc1. The van der Waals surface area contributed by atoms with Crippen LogP contribution < -0.4 is 5.32 Å². The number of hydrogen-bond acceptors (Lipinski definition) is 5. The molecular formula is C21H17F2N5O2. The van der Waals surface area contributed by atoms with E-state index in [1.807, 2.05) is 6.07 Å². The topological polar surface area (TPSA) is 99.0 Å². The zero-order valence-corrected chi connectivity index (χ0v) is 15.9. The van der Waals surface area contributed by atoms with Gasteiger partial charge in [0, 0.05) is 17.7 Å². The van der Waals surface area contributed by atoms with Crippen molar-refractivity contribution in [3.05, 3.63) is 52.6 Å². The van der Waals surface area contributed by atoms with E-state index in [1.165, 1.54) is 17.3 Å². The molecule has 5 rings (SSSR count). The largest absolute Gasteiger partial charge is 0.328 e. The average Bonchev–Trinajstić information content (AvgIpc) is 3.65. The Morgan fingerprint density at radius 3 is 2.63 bits per heavy atom. The van der Waals surface area contributed by atoms with Crippen molar-refractivity contribution in [1.82, 2.24) is 14.9 Å². The molecule has 2 unspecified atom stereocenters. The van der Waals surface area contributed by atoms with Crippen molar-refractivity contribution in [2.24, 2.45) is 0 Å². The molecule has 0 bridgehead atoms. The minimum atomic E-state index is -1.25. The summed E-state index contributed by atoms with van der Waals surface area (Å²) in [7, 11) is 0. The molecule has 1 spiro atoms. The maximum Gasteiger partial charge on any atom is 0.254 e. The Kier molecular flexibility index (Phi) is 4.07. The van der Waals surface area contributed by atoms with Crippen LogP contribution in [0.5, 0.6) is 0 Å². The van der Waals surface area contributed by atoms with Crippen LogP contribution in [0.2, 0.25) is 0 Å². The van der Waals surface area contributed by atoms with Gasteiger partial charge in [0.15, 0.2) is 0 Å². The van der Waals surface area contributed by atoms with Crippen LogP contribution in [0, 0.1) is 17.1 Å². The van der Waals surface area contributed by atoms with Gasteiger partial charge in [-0.2, -0.15) is 5.26 Å². The van der Waals surface area contributed by atoms with Crippen molar-refractivity contribution in [2.45, 2.75) is 36.8 Å². The molecule has 0 saturated heterocycles. The molecule has 1 aromatic carbocycles. The second-order valence-corrected chi connectivity index (χ2v) is 8.11. The van der Waals surface area contributed by atoms with Crippen LogP contribution in [0.4, 0.5) is 14.7 Å². The Labute approximate surface area is 170 Å². The summed E-state index contributed by atoms with van der Waals surface area (Å²) in [6, 6.07) is 5.05. The smallest absolute Gasteiger partial charge is 0.254 e. The molecular weight excluding hydrogens is 392 g/mol. The number of fused-ring (bicyclic) bond motifs is 2. The molecule has 2 aliphatic carbocycles. The normalized spacial score (nSPS) is 24.4. The minimum Gasteiger partial charge on any atom is -0.328 e. The van der Waals surface area contributed by atoms with Crippen LogP contribution in [0.1, 0.15) is 52.2 Å². The van der Waals surface area contributed by atoms with Crippen molar-refractivity contribution in [1.29, 1.82) is 5.26 Å². The fourth-order valence-electron chi connectivity index (χ4n) is 4.23. The van der Waals surface area contributed by atoms with E-state index in [9.17, 15) is 14.0 Å². The third-order valence-corrected chi connectivity index (χ3v) is 6.03. The number of nitrogens with zero attached hydrogens (tertiary/aromatic N) is 4. The van der Waals surface area contributed by atoms with Crippen LogP contribution in [0.25, 0.3) is 0 Å². The van der Waals surface area contributed by atoms with Gasteiger partial charge in [-0.05, 0) is 36.8 Å². The molecule has 0 radical (unpaired) electrons. The third kappa shape index (κ3) is 2.91. The monoisotopic (exact) mass is 409 g/mol. The quantitative estimate of drug-likeness (QED) is 0.836. The Hall–Kier alpha value is -3.41. The summed E-state index contributed by atoms with van der Waals surface area (Å²) < 4.78 is 29.7. The summed E-state index contributed by atoms with van der Waals surface area (Å²) in [6.45, 7) is -0.380. The van der Waals surface area contributed by atoms with Crippen molar-refractivity contribution in [3.63, 3.8) is 0 Å². The number of aromatic nitrogens is 2. The summed E-state index contributed by atoms with van der Waals surface area (Å²) in [4.78, 5) is 34.3. The van der Waals surface area contributed by atoms with Gasteiger partial charge < -0.3 is 4.90 Å². The lowest BCUT2D eigenvalue weighted by atomic mass is 9.83. The molecule has 2 aromatic rings. The van der Waals surface area contributed by atoms with E-state index < -0.39 is 29.2 Å². The number of carbonyl (C=O) groups excluding carboxylic acids is 2. The highest BCUT2D eigenvalue weighted by atomic mass is 19.1. The summed E-state index contributed by atoms with van der Waals surface area (Å²) in [5.41, 5.74) is 0.0307. The molecule has 2 saturated carbocycles. The number of carbonyl (C=O) groups is 2. The van der Waals surface area contributed by atoms with Gasteiger partial charge in [-0.25, -0.2) is 18.7 Å². The highest BCUT2D eigenvalue weighted by Crippen LogP contribution is 2.56. The maximum atomic E-state index is 15.2. The first kappa shape index (κ1) is 18.6. The number of nitrogens with one attached hydrogen (secondary N) is 1. The molecule has 1 aromatic heterocycles. The molecule has 2 atom stereocenters. The lowest BCUT2D eigenvalue weighted by molar-refractivity contribution is -0.117. The lowest BCUT2D eigenvalue weighted by Gasteiger charge is -2.35. The van der Waals surface area contributed by atoms with Gasteiger partial charge >= 0.3 is 0 Å².